The van der Waals surface area contributed by atoms with Crippen LogP contribution in [0.2, 0.25) is 0 Å². The van der Waals surface area contributed by atoms with Crippen LogP contribution in [0.15, 0.2) is 0 Å². The van der Waals surface area contributed by atoms with E-state index in [4.69, 9.17) is 14.4 Å². The Kier molecular flexibility index (Phi) is 46.8. The molecule has 0 spiro atoms. The van der Waals surface area contributed by atoms with E-state index in [0.29, 0.717) is 0 Å². The molecule has 0 aromatic heterocycles. The standard InChI is InChI=1S/C4H10S.Na.H3O3P.H2O.H/c1-3-5-4-2;;1-4(2)3;;/h3-4H2,1-2H3;;4H,(H2,1,2,3);1H2;. The molecule has 0 radical (unpaired) electrons. The molecule has 0 aromatic carbocycles. The van der Waals surface area contributed by atoms with E-state index in [1.165, 1.54) is 11.5 Å². The first-order chi connectivity index (χ1) is 4.15. The van der Waals surface area contributed by atoms with Crippen molar-refractivity contribution in [2.45, 2.75) is 13.8 Å². The fraction of sp³-hybridized carbons (Fsp3) is 1.00. The van der Waals surface area contributed by atoms with Gasteiger partial charge < -0.3 is 15.3 Å². The van der Waals surface area contributed by atoms with E-state index >= 15 is 0 Å². The van der Waals surface area contributed by atoms with Crippen molar-refractivity contribution >= 4 is 49.6 Å². The second-order valence-corrected chi connectivity index (χ2v) is 3.19. The topological polar surface area (TPSA) is 89.0 Å². The summed E-state index contributed by atoms with van der Waals surface area (Å²) in [6, 6.07) is 0. The Hall–Kier alpha value is 1.46. The Morgan fingerprint density at radius 1 is 1.27 bits per heavy atom. The summed E-state index contributed by atoms with van der Waals surface area (Å²) >= 11 is 1.96. The summed E-state index contributed by atoms with van der Waals surface area (Å²) in [6.07, 6.45) is 0. The van der Waals surface area contributed by atoms with Crippen molar-refractivity contribution in [3.05, 3.63) is 0 Å². The predicted molar refractivity (Wildman–Crippen MR) is 52.9 cm³/mol. The summed E-state index contributed by atoms with van der Waals surface area (Å²) in [5.41, 5.74) is 0. The van der Waals surface area contributed by atoms with Crippen molar-refractivity contribution in [2.24, 2.45) is 0 Å². The zero-order valence-corrected chi connectivity index (χ0v) is 7.94. The fourth-order valence-corrected chi connectivity index (χ4v) is 0.612. The number of hydrogen-bond acceptors (Lipinski definition) is 2. The first kappa shape index (κ1) is 22.9. The molecule has 0 fully saturated rings. The van der Waals surface area contributed by atoms with Crippen LogP contribution in [0.5, 0.6) is 0 Å². The molecule has 7 heteroatoms. The normalized spacial score (nSPS) is 7.00. The summed E-state index contributed by atoms with van der Waals surface area (Å²) in [5, 5.41) is 0. The molecule has 0 rings (SSSR count). The van der Waals surface area contributed by atoms with Gasteiger partial charge >= 0.3 is 37.8 Å². The summed E-state index contributed by atoms with van der Waals surface area (Å²) in [4.78, 5) is 14.3. The quantitative estimate of drug-likeness (QED) is 0.485. The van der Waals surface area contributed by atoms with E-state index in [1.807, 2.05) is 11.8 Å². The molecule has 68 valence electrons. The maximum atomic E-state index is 8.74. The van der Waals surface area contributed by atoms with Gasteiger partial charge in [-0.3, -0.25) is 4.57 Å². The second-order valence-electron chi connectivity index (χ2n) is 1.06. The third-order valence-electron chi connectivity index (χ3n) is 0.408. The molecule has 11 heavy (non-hydrogen) atoms. The van der Waals surface area contributed by atoms with Gasteiger partial charge in [0, 0.05) is 0 Å². The first-order valence-electron chi connectivity index (χ1n) is 2.64. The Morgan fingerprint density at radius 3 is 1.45 bits per heavy atom. The molecule has 0 bridgehead atoms. The molecule has 0 heterocycles. The number of thioether (sulfide) groups is 1. The number of rotatable bonds is 2. The molecular weight excluding hydrogens is 198 g/mol. The Labute approximate surface area is 94.3 Å². The van der Waals surface area contributed by atoms with Crippen molar-refractivity contribution < 1.29 is 19.8 Å². The second kappa shape index (κ2) is 22.5. The van der Waals surface area contributed by atoms with Crippen LogP contribution in [0, 0.1) is 0 Å². The van der Waals surface area contributed by atoms with Crippen LogP contribution in [-0.2, 0) is 4.57 Å². The molecule has 0 unspecified atom stereocenters. The molecule has 4 N–H and O–H groups in total. The Bertz CT molecular complexity index is 69.1. The van der Waals surface area contributed by atoms with Crippen LogP contribution >= 0.6 is 20.0 Å². The van der Waals surface area contributed by atoms with Gasteiger partial charge in [-0.1, -0.05) is 13.8 Å². The molecule has 0 amide bonds. The van der Waals surface area contributed by atoms with Gasteiger partial charge in [0.05, 0.1) is 0 Å². The van der Waals surface area contributed by atoms with Gasteiger partial charge in [0.2, 0.25) is 0 Å². The van der Waals surface area contributed by atoms with E-state index < -0.39 is 8.25 Å². The summed E-state index contributed by atoms with van der Waals surface area (Å²) in [5.74, 6) is 2.52. The van der Waals surface area contributed by atoms with Crippen LogP contribution < -0.4 is 0 Å². The average molecular weight is 214 g/mol. The van der Waals surface area contributed by atoms with Crippen LogP contribution in [0.25, 0.3) is 0 Å². The van der Waals surface area contributed by atoms with Gasteiger partial charge in [-0.2, -0.15) is 11.8 Å². The van der Waals surface area contributed by atoms with E-state index in [0.717, 1.165) is 0 Å². The van der Waals surface area contributed by atoms with E-state index in [2.05, 4.69) is 13.8 Å². The van der Waals surface area contributed by atoms with Crippen molar-refractivity contribution in [1.29, 1.82) is 0 Å². The molecular formula is C4H16NaO4PS. The minimum atomic E-state index is -3.13. The van der Waals surface area contributed by atoms with Crippen molar-refractivity contribution in [1.82, 2.24) is 0 Å². The SMILES string of the molecule is CCSCC.O.O=[PH](O)O.[NaH]. The molecule has 0 saturated heterocycles. The zero-order valence-electron chi connectivity index (χ0n) is 6.13. The summed E-state index contributed by atoms with van der Waals surface area (Å²) in [7, 11) is -3.13. The van der Waals surface area contributed by atoms with Gasteiger partial charge in [0.25, 0.3) is 0 Å². The van der Waals surface area contributed by atoms with Crippen LogP contribution in [0.3, 0.4) is 0 Å². The Balaban J connectivity index is -0.0000000383. The molecule has 0 aliphatic carbocycles. The van der Waals surface area contributed by atoms with E-state index in [9.17, 15) is 0 Å². The monoisotopic (exact) mass is 214 g/mol. The van der Waals surface area contributed by atoms with Crippen LogP contribution in [0.4, 0.5) is 0 Å². The van der Waals surface area contributed by atoms with Gasteiger partial charge in [-0.25, -0.2) is 0 Å². The van der Waals surface area contributed by atoms with Crippen LogP contribution in [-0.4, -0.2) is 56.3 Å². The first-order valence-corrected chi connectivity index (χ1v) is 5.10. The number of hydrogen-bond donors (Lipinski definition) is 2. The Morgan fingerprint density at radius 2 is 1.45 bits per heavy atom. The maximum absolute atomic E-state index is 8.74. The fourth-order valence-electron chi connectivity index (χ4n) is 0.204. The van der Waals surface area contributed by atoms with Gasteiger partial charge in [-0.15, -0.1) is 0 Å². The summed E-state index contributed by atoms with van der Waals surface area (Å²) in [6.45, 7) is 4.35. The van der Waals surface area contributed by atoms with E-state index in [1.54, 1.807) is 0 Å². The van der Waals surface area contributed by atoms with Crippen molar-refractivity contribution in [2.75, 3.05) is 11.5 Å². The molecule has 0 aliphatic rings. The van der Waals surface area contributed by atoms with E-state index in [-0.39, 0.29) is 35.0 Å². The molecule has 0 aliphatic heterocycles. The van der Waals surface area contributed by atoms with Crippen molar-refractivity contribution in [3.63, 3.8) is 0 Å². The van der Waals surface area contributed by atoms with Gasteiger partial charge in [0.15, 0.2) is 0 Å². The zero-order chi connectivity index (χ0) is 7.70. The minimum absolute atomic E-state index is 0. The third kappa shape index (κ3) is 85.7. The molecule has 0 saturated carbocycles. The van der Waals surface area contributed by atoms with Gasteiger partial charge in [0.1, 0.15) is 0 Å². The molecule has 4 nitrogen and oxygen atoms in total. The average Bonchev–Trinajstić information content (AvgIpc) is 1.66. The molecule has 0 aromatic rings. The van der Waals surface area contributed by atoms with Crippen LogP contribution in [0.1, 0.15) is 13.8 Å². The molecule has 0 atom stereocenters. The predicted octanol–water partition coefficient (Wildman–Crippen LogP) is -0.353. The summed E-state index contributed by atoms with van der Waals surface area (Å²) < 4.78 is 8.74. The van der Waals surface area contributed by atoms with Gasteiger partial charge in [-0.05, 0) is 11.5 Å². The third-order valence-corrected chi connectivity index (χ3v) is 1.22. The van der Waals surface area contributed by atoms with Crippen molar-refractivity contribution in [3.8, 4) is 0 Å².